The van der Waals surface area contributed by atoms with Gasteiger partial charge in [-0.25, -0.2) is 0 Å². The summed E-state index contributed by atoms with van der Waals surface area (Å²) in [5, 5.41) is 8.43. The van der Waals surface area contributed by atoms with Gasteiger partial charge in [-0.2, -0.15) is 10.1 Å². The Morgan fingerprint density at radius 1 is 1.62 bits per heavy atom. The lowest BCUT2D eigenvalue weighted by atomic mass is 10.6. The molecule has 2 aromatic heterocycles. The summed E-state index contributed by atoms with van der Waals surface area (Å²) in [7, 11) is 0. The summed E-state index contributed by atoms with van der Waals surface area (Å²) >= 11 is 1.46. The Kier molecular flexibility index (Phi) is 2.31. The molecule has 68 valence electrons. The SMILES string of the molecule is CSc1noc(Cn2cccn2)n1. The fraction of sp³-hybridized carbons (Fsp3) is 0.286. The van der Waals surface area contributed by atoms with E-state index in [4.69, 9.17) is 4.52 Å². The zero-order chi connectivity index (χ0) is 9.10. The Morgan fingerprint density at radius 3 is 3.15 bits per heavy atom. The third kappa shape index (κ3) is 1.89. The van der Waals surface area contributed by atoms with Gasteiger partial charge in [0.25, 0.3) is 0 Å². The summed E-state index contributed by atoms with van der Waals surface area (Å²) in [5.74, 6) is 0.577. The Bertz CT molecular complexity index is 370. The van der Waals surface area contributed by atoms with Crippen LogP contribution in [0.2, 0.25) is 0 Å². The van der Waals surface area contributed by atoms with Crippen LogP contribution in [0.1, 0.15) is 5.89 Å². The van der Waals surface area contributed by atoms with Crippen LogP contribution in [0.3, 0.4) is 0 Å². The van der Waals surface area contributed by atoms with Gasteiger partial charge in [-0.05, 0) is 12.3 Å². The Hall–Kier alpha value is -1.30. The third-order valence-electron chi connectivity index (χ3n) is 1.49. The van der Waals surface area contributed by atoms with Crippen LogP contribution >= 0.6 is 11.8 Å². The number of thioether (sulfide) groups is 1. The molecule has 0 radical (unpaired) electrons. The molecule has 0 atom stereocenters. The molecular weight excluding hydrogens is 188 g/mol. The molecule has 0 bridgehead atoms. The smallest absolute Gasteiger partial charge is 0.249 e. The van der Waals surface area contributed by atoms with E-state index in [0.29, 0.717) is 17.6 Å². The van der Waals surface area contributed by atoms with Crippen molar-refractivity contribution in [1.82, 2.24) is 19.9 Å². The van der Waals surface area contributed by atoms with Gasteiger partial charge in [-0.3, -0.25) is 4.68 Å². The molecule has 2 rings (SSSR count). The number of hydrogen-bond acceptors (Lipinski definition) is 5. The first-order valence-electron chi connectivity index (χ1n) is 3.72. The van der Waals surface area contributed by atoms with Gasteiger partial charge in [0.2, 0.25) is 11.0 Å². The van der Waals surface area contributed by atoms with Crippen molar-refractivity contribution in [2.75, 3.05) is 6.26 Å². The van der Waals surface area contributed by atoms with Crippen molar-refractivity contribution in [1.29, 1.82) is 0 Å². The standard InChI is InChI=1S/C7H8N4OS/c1-13-7-9-6(12-10-7)5-11-4-2-3-8-11/h2-4H,5H2,1H3. The fourth-order valence-electron chi connectivity index (χ4n) is 0.919. The van der Waals surface area contributed by atoms with E-state index in [-0.39, 0.29) is 0 Å². The summed E-state index contributed by atoms with van der Waals surface area (Å²) in [6.07, 6.45) is 5.47. The monoisotopic (exact) mass is 196 g/mol. The molecule has 6 heteroatoms. The van der Waals surface area contributed by atoms with Gasteiger partial charge in [0.15, 0.2) is 0 Å². The van der Waals surface area contributed by atoms with Crippen LogP contribution in [0.15, 0.2) is 28.1 Å². The lowest BCUT2D eigenvalue weighted by Gasteiger charge is -1.92. The highest BCUT2D eigenvalue weighted by atomic mass is 32.2. The van der Waals surface area contributed by atoms with Crippen LogP contribution in [0.25, 0.3) is 0 Å². The average Bonchev–Trinajstić information content (AvgIpc) is 2.76. The van der Waals surface area contributed by atoms with Crippen molar-refractivity contribution >= 4 is 11.8 Å². The van der Waals surface area contributed by atoms with Gasteiger partial charge in [-0.15, -0.1) is 0 Å². The number of nitrogens with zero attached hydrogens (tertiary/aromatic N) is 4. The van der Waals surface area contributed by atoms with Crippen molar-refractivity contribution < 1.29 is 4.52 Å². The van der Waals surface area contributed by atoms with Crippen molar-refractivity contribution in [2.45, 2.75) is 11.7 Å². The first kappa shape index (κ1) is 8.31. The minimum atomic E-state index is 0.528. The molecule has 0 saturated carbocycles. The van der Waals surface area contributed by atoms with E-state index in [0.717, 1.165) is 0 Å². The predicted molar refractivity (Wildman–Crippen MR) is 47.4 cm³/mol. The first-order chi connectivity index (χ1) is 6.38. The molecule has 0 aliphatic carbocycles. The second-order valence-electron chi connectivity index (χ2n) is 2.38. The van der Waals surface area contributed by atoms with E-state index in [9.17, 15) is 0 Å². The molecule has 2 heterocycles. The molecule has 2 aromatic rings. The molecule has 0 unspecified atom stereocenters. The van der Waals surface area contributed by atoms with Crippen LogP contribution in [-0.4, -0.2) is 26.2 Å². The van der Waals surface area contributed by atoms with Crippen molar-refractivity contribution in [2.24, 2.45) is 0 Å². The highest BCUT2D eigenvalue weighted by Gasteiger charge is 2.04. The van der Waals surface area contributed by atoms with Crippen LogP contribution in [0, 0.1) is 0 Å². The molecule has 0 aliphatic rings. The van der Waals surface area contributed by atoms with Gasteiger partial charge in [-0.1, -0.05) is 16.9 Å². The van der Waals surface area contributed by atoms with Gasteiger partial charge < -0.3 is 4.52 Å². The lowest BCUT2D eigenvalue weighted by molar-refractivity contribution is 0.357. The molecule has 0 amide bonds. The molecule has 0 aliphatic heterocycles. The van der Waals surface area contributed by atoms with Gasteiger partial charge in [0, 0.05) is 12.4 Å². The zero-order valence-electron chi connectivity index (χ0n) is 7.04. The quantitative estimate of drug-likeness (QED) is 0.686. The second-order valence-corrected chi connectivity index (χ2v) is 3.15. The second kappa shape index (κ2) is 3.61. The van der Waals surface area contributed by atoms with Crippen molar-refractivity contribution in [3.05, 3.63) is 24.4 Å². The molecule has 5 nitrogen and oxygen atoms in total. The maximum absolute atomic E-state index is 4.99. The van der Waals surface area contributed by atoms with E-state index in [2.05, 4.69) is 15.2 Å². The Morgan fingerprint density at radius 2 is 2.54 bits per heavy atom. The zero-order valence-corrected chi connectivity index (χ0v) is 7.86. The maximum Gasteiger partial charge on any atom is 0.249 e. The van der Waals surface area contributed by atoms with Crippen LogP contribution in [0.4, 0.5) is 0 Å². The summed E-state index contributed by atoms with van der Waals surface area (Å²) in [6.45, 7) is 0.528. The molecule has 0 aromatic carbocycles. The highest BCUT2D eigenvalue weighted by Crippen LogP contribution is 2.09. The molecule has 0 spiro atoms. The predicted octanol–water partition coefficient (Wildman–Crippen LogP) is 1.04. The Balaban J connectivity index is 2.10. The third-order valence-corrected chi connectivity index (χ3v) is 2.02. The summed E-state index contributed by atoms with van der Waals surface area (Å²) in [5.41, 5.74) is 0. The first-order valence-corrected chi connectivity index (χ1v) is 4.95. The number of hydrogen-bond donors (Lipinski definition) is 0. The van der Waals surface area contributed by atoms with Crippen molar-refractivity contribution in [3.63, 3.8) is 0 Å². The van der Waals surface area contributed by atoms with Crippen LogP contribution in [-0.2, 0) is 6.54 Å². The minimum absolute atomic E-state index is 0.528. The largest absolute Gasteiger partial charge is 0.336 e. The maximum atomic E-state index is 4.99. The number of rotatable bonds is 3. The van der Waals surface area contributed by atoms with E-state index in [1.165, 1.54) is 11.8 Å². The van der Waals surface area contributed by atoms with Crippen molar-refractivity contribution in [3.8, 4) is 0 Å². The average molecular weight is 196 g/mol. The highest BCUT2D eigenvalue weighted by molar-refractivity contribution is 7.98. The van der Waals surface area contributed by atoms with Gasteiger partial charge >= 0.3 is 0 Å². The van der Waals surface area contributed by atoms with E-state index in [1.807, 2.05) is 18.5 Å². The molecule has 0 fully saturated rings. The summed E-state index contributed by atoms with van der Waals surface area (Å²) in [6, 6.07) is 1.85. The minimum Gasteiger partial charge on any atom is -0.336 e. The lowest BCUT2D eigenvalue weighted by Crippen LogP contribution is -1.99. The molecule has 13 heavy (non-hydrogen) atoms. The van der Waals surface area contributed by atoms with E-state index >= 15 is 0 Å². The Labute approximate surface area is 79.1 Å². The summed E-state index contributed by atoms with van der Waals surface area (Å²) < 4.78 is 6.72. The molecule has 0 N–H and O–H groups in total. The number of aromatic nitrogens is 4. The molecular formula is C7H8N4OS. The van der Waals surface area contributed by atoms with Crippen LogP contribution < -0.4 is 0 Å². The van der Waals surface area contributed by atoms with Gasteiger partial charge in [0.05, 0.1) is 0 Å². The van der Waals surface area contributed by atoms with Gasteiger partial charge in [0.1, 0.15) is 6.54 Å². The van der Waals surface area contributed by atoms with E-state index in [1.54, 1.807) is 10.9 Å². The topological polar surface area (TPSA) is 56.7 Å². The normalized spacial score (nSPS) is 10.5. The fourth-order valence-corrected chi connectivity index (χ4v) is 1.22. The summed E-state index contributed by atoms with van der Waals surface area (Å²) in [4.78, 5) is 4.13. The van der Waals surface area contributed by atoms with E-state index < -0.39 is 0 Å². The van der Waals surface area contributed by atoms with Crippen LogP contribution in [0.5, 0.6) is 0 Å². The molecule has 0 saturated heterocycles.